The third kappa shape index (κ3) is 2.91. The van der Waals surface area contributed by atoms with Crippen LogP contribution in [0.3, 0.4) is 0 Å². The van der Waals surface area contributed by atoms with E-state index in [-0.39, 0.29) is 24.1 Å². The predicted molar refractivity (Wildman–Crippen MR) is 85.3 cm³/mol. The Morgan fingerprint density at radius 1 is 1.55 bits per heavy atom. The number of aromatic nitrogens is 2. The van der Waals surface area contributed by atoms with Gasteiger partial charge in [-0.3, -0.25) is 14.2 Å². The molecule has 1 unspecified atom stereocenters. The number of morpholine rings is 1. The highest BCUT2D eigenvalue weighted by atomic mass is 32.1. The molecule has 1 aliphatic rings. The van der Waals surface area contributed by atoms with Crippen molar-refractivity contribution in [1.82, 2.24) is 14.5 Å². The van der Waals surface area contributed by atoms with E-state index < -0.39 is 0 Å². The Labute approximate surface area is 132 Å². The Kier molecular flexibility index (Phi) is 4.26. The van der Waals surface area contributed by atoms with Crippen molar-refractivity contribution in [1.29, 1.82) is 0 Å². The standard InChI is InChI=1S/C15H19N3O3S/c1-3-11-6-12-14(22-11)16-9-18(15(12)20)8-13(19)17-4-5-21-10(2)7-17/h6,9-10H,3-5,7-8H2,1-2H3. The molecule has 7 heteroatoms. The lowest BCUT2D eigenvalue weighted by atomic mass is 10.3. The number of fused-ring (bicyclic) bond motifs is 1. The average Bonchev–Trinajstić information content (AvgIpc) is 2.94. The molecule has 2 aromatic rings. The van der Waals surface area contributed by atoms with Gasteiger partial charge in [0.1, 0.15) is 11.4 Å². The van der Waals surface area contributed by atoms with Crippen LogP contribution in [0.4, 0.5) is 0 Å². The number of hydrogen-bond donors (Lipinski definition) is 0. The van der Waals surface area contributed by atoms with Crippen molar-refractivity contribution in [3.05, 3.63) is 27.6 Å². The molecule has 0 bridgehead atoms. The van der Waals surface area contributed by atoms with Gasteiger partial charge in [0.25, 0.3) is 5.56 Å². The zero-order chi connectivity index (χ0) is 15.7. The van der Waals surface area contributed by atoms with Crippen LogP contribution in [-0.2, 0) is 22.5 Å². The van der Waals surface area contributed by atoms with E-state index >= 15 is 0 Å². The van der Waals surface area contributed by atoms with Gasteiger partial charge in [0.15, 0.2) is 0 Å². The first-order valence-corrected chi connectivity index (χ1v) is 8.27. The number of ether oxygens (including phenoxy) is 1. The van der Waals surface area contributed by atoms with Crippen molar-refractivity contribution in [2.45, 2.75) is 32.9 Å². The number of hydrogen-bond acceptors (Lipinski definition) is 5. The largest absolute Gasteiger partial charge is 0.375 e. The quantitative estimate of drug-likeness (QED) is 0.854. The second-order valence-corrected chi connectivity index (χ2v) is 6.60. The molecule has 1 atom stereocenters. The fraction of sp³-hybridized carbons (Fsp3) is 0.533. The summed E-state index contributed by atoms with van der Waals surface area (Å²) in [7, 11) is 0. The fourth-order valence-corrected chi connectivity index (χ4v) is 3.51. The minimum absolute atomic E-state index is 0.0335. The Balaban J connectivity index is 1.82. The van der Waals surface area contributed by atoms with Gasteiger partial charge in [-0.05, 0) is 19.4 Å². The molecule has 1 fully saturated rings. The molecule has 1 amide bonds. The zero-order valence-corrected chi connectivity index (χ0v) is 13.6. The first-order chi connectivity index (χ1) is 10.6. The molecule has 6 nitrogen and oxygen atoms in total. The Morgan fingerprint density at radius 3 is 3.09 bits per heavy atom. The summed E-state index contributed by atoms with van der Waals surface area (Å²) in [5.41, 5.74) is -0.143. The minimum atomic E-state index is -0.143. The van der Waals surface area contributed by atoms with E-state index in [2.05, 4.69) is 4.98 Å². The monoisotopic (exact) mass is 321 g/mol. The van der Waals surface area contributed by atoms with E-state index in [0.29, 0.717) is 25.1 Å². The summed E-state index contributed by atoms with van der Waals surface area (Å²) in [5, 5.41) is 0.604. The molecule has 3 heterocycles. The van der Waals surface area contributed by atoms with Gasteiger partial charge in [-0.15, -0.1) is 11.3 Å². The number of aryl methyl sites for hydroxylation is 1. The summed E-state index contributed by atoms with van der Waals surface area (Å²) in [6.07, 6.45) is 2.40. The van der Waals surface area contributed by atoms with Crippen LogP contribution in [0.25, 0.3) is 10.2 Å². The van der Waals surface area contributed by atoms with Crippen molar-refractivity contribution in [3.8, 4) is 0 Å². The van der Waals surface area contributed by atoms with Gasteiger partial charge in [0.2, 0.25) is 5.91 Å². The first-order valence-electron chi connectivity index (χ1n) is 7.45. The molecule has 1 saturated heterocycles. The number of amides is 1. The van der Waals surface area contributed by atoms with Gasteiger partial charge in [-0.1, -0.05) is 6.92 Å². The Bertz CT molecular complexity index is 752. The van der Waals surface area contributed by atoms with Gasteiger partial charge in [0.05, 0.1) is 24.4 Å². The Hall–Kier alpha value is -1.73. The molecule has 22 heavy (non-hydrogen) atoms. The maximum atomic E-state index is 12.5. The van der Waals surface area contributed by atoms with Gasteiger partial charge in [-0.25, -0.2) is 4.98 Å². The molecular formula is C15H19N3O3S. The molecular weight excluding hydrogens is 302 g/mol. The fourth-order valence-electron chi connectivity index (χ4n) is 2.59. The maximum Gasteiger partial charge on any atom is 0.262 e. The van der Waals surface area contributed by atoms with Crippen molar-refractivity contribution >= 4 is 27.5 Å². The smallest absolute Gasteiger partial charge is 0.262 e. The summed E-state index contributed by atoms with van der Waals surface area (Å²) in [4.78, 5) is 32.7. The number of carbonyl (C=O) groups is 1. The summed E-state index contributed by atoms with van der Waals surface area (Å²) in [6, 6.07) is 1.88. The highest BCUT2D eigenvalue weighted by molar-refractivity contribution is 7.18. The number of rotatable bonds is 3. The van der Waals surface area contributed by atoms with Gasteiger partial charge in [0, 0.05) is 18.0 Å². The van der Waals surface area contributed by atoms with Crippen LogP contribution in [0.5, 0.6) is 0 Å². The summed E-state index contributed by atoms with van der Waals surface area (Å²) < 4.78 is 6.83. The van der Waals surface area contributed by atoms with Crippen molar-refractivity contribution in [2.24, 2.45) is 0 Å². The second-order valence-electron chi connectivity index (χ2n) is 5.48. The van der Waals surface area contributed by atoms with Crippen molar-refractivity contribution in [2.75, 3.05) is 19.7 Å². The summed E-state index contributed by atoms with van der Waals surface area (Å²) >= 11 is 1.53. The first kappa shape index (κ1) is 15.2. The molecule has 0 radical (unpaired) electrons. The molecule has 118 valence electrons. The highest BCUT2D eigenvalue weighted by Gasteiger charge is 2.22. The maximum absolute atomic E-state index is 12.5. The van der Waals surface area contributed by atoms with E-state index in [0.717, 1.165) is 16.1 Å². The van der Waals surface area contributed by atoms with Gasteiger partial charge in [-0.2, -0.15) is 0 Å². The second kappa shape index (κ2) is 6.18. The number of nitrogens with zero attached hydrogens (tertiary/aromatic N) is 3. The average molecular weight is 321 g/mol. The molecule has 0 saturated carbocycles. The zero-order valence-electron chi connectivity index (χ0n) is 12.7. The lowest BCUT2D eigenvalue weighted by molar-refractivity contribution is -0.138. The Morgan fingerprint density at radius 2 is 2.36 bits per heavy atom. The van der Waals surface area contributed by atoms with Crippen LogP contribution in [0.2, 0.25) is 0 Å². The highest BCUT2D eigenvalue weighted by Crippen LogP contribution is 2.21. The van der Waals surface area contributed by atoms with Crippen LogP contribution in [0.1, 0.15) is 18.7 Å². The van der Waals surface area contributed by atoms with Gasteiger partial charge >= 0.3 is 0 Å². The summed E-state index contributed by atoms with van der Waals surface area (Å²) in [6.45, 7) is 5.71. The molecule has 0 aromatic carbocycles. The van der Waals surface area contributed by atoms with E-state index in [9.17, 15) is 9.59 Å². The van der Waals surface area contributed by atoms with E-state index in [1.807, 2.05) is 19.9 Å². The molecule has 0 N–H and O–H groups in total. The SMILES string of the molecule is CCc1cc2c(=O)n(CC(=O)N3CCOC(C)C3)cnc2s1. The van der Waals surface area contributed by atoms with Crippen LogP contribution in [0.15, 0.2) is 17.2 Å². The predicted octanol–water partition coefficient (Wildman–Crippen LogP) is 1.27. The molecule has 0 aliphatic carbocycles. The number of carbonyl (C=O) groups excluding carboxylic acids is 1. The van der Waals surface area contributed by atoms with Gasteiger partial charge < -0.3 is 9.64 Å². The molecule has 3 rings (SSSR count). The third-order valence-corrected chi connectivity index (χ3v) is 5.00. The van der Waals surface area contributed by atoms with E-state index in [1.165, 1.54) is 22.2 Å². The molecule has 0 spiro atoms. The van der Waals surface area contributed by atoms with Crippen LogP contribution in [-0.4, -0.2) is 46.2 Å². The third-order valence-electron chi connectivity index (χ3n) is 3.82. The summed E-state index contributed by atoms with van der Waals surface area (Å²) in [5.74, 6) is -0.0654. The topological polar surface area (TPSA) is 64.4 Å². The van der Waals surface area contributed by atoms with E-state index in [4.69, 9.17) is 4.74 Å². The minimum Gasteiger partial charge on any atom is -0.375 e. The van der Waals surface area contributed by atoms with Crippen molar-refractivity contribution < 1.29 is 9.53 Å². The van der Waals surface area contributed by atoms with Crippen LogP contribution in [0, 0.1) is 0 Å². The normalized spacial score (nSPS) is 18.8. The molecule has 1 aliphatic heterocycles. The molecule has 2 aromatic heterocycles. The van der Waals surface area contributed by atoms with E-state index in [1.54, 1.807) is 4.90 Å². The van der Waals surface area contributed by atoms with Crippen molar-refractivity contribution in [3.63, 3.8) is 0 Å². The number of thiophene rings is 1. The van der Waals surface area contributed by atoms with Crippen LogP contribution < -0.4 is 5.56 Å². The lowest BCUT2D eigenvalue weighted by Gasteiger charge is -2.31. The van der Waals surface area contributed by atoms with Crippen LogP contribution >= 0.6 is 11.3 Å². The lowest BCUT2D eigenvalue weighted by Crippen LogP contribution is -2.46.